The second-order valence-electron chi connectivity index (χ2n) is 5.18. The van der Waals surface area contributed by atoms with Crippen molar-refractivity contribution in [3.8, 4) is 5.75 Å². The molecule has 1 aliphatic heterocycles. The number of benzene rings is 1. The Labute approximate surface area is 116 Å². The van der Waals surface area contributed by atoms with Crippen LogP contribution in [0.1, 0.15) is 50.6 Å². The predicted octanol–water partition coefficient (Wildman–Crippen LogP) is 3.43. The van der Waals surface area contributed by atoms with Gasteiger partial charge in [0, 0.05) is 12.6 Å². The van der Waals surface area contributed by atoms with Crippen LogP contribution >= 0.6 is 0 Å². The van der Waals surface area contributed by atoms with Gasteiger partial charge in [-0.1, -0.05) is 12.1 Å². The SMILES string of the molecule is CCOc1cccc(C(N)CCC2CCCCO2)c1. The zero-order valence-electron chi connectivity index (χ0n) is 11.8. The van der Waals surface area contributed by atoms with E-state index in [4.69, 9.17) is 15.2 Å². The van der Waals surface area contributed by atoms with Crippen molar-refractivity contribution in [2.45, 2.75) is 51.2 Å². The molecule has 3 heteroatoms. The Morgan fingerprint density at radius 2 is 2.32 bits per heavy atom. The van der Waals surface area contributed by atoms with Gasteiger partial charge in [0.25, 0.3) is 0 Å². The maximum absolute atomic E-state index is 6.27. The van der Waals surface area contributed by atoms with Crippen LogP contribution in [0, 0.1) is 0 Å². The third-order valence-corrected chi connectivity index (χ3v) is 3.67. The van der Waals surface area contributed by atoms with Crippen LogP contribution < -0.4 is 10.5 Å². The van der Waals surface area contributed by atoms with Gasteiger partial charge in [-0.2, -0.15) is 0 Å². The minimum atomic E-state index is 0.0749. The second kappa shape index (κ2) is 7.51. The fraction of sp³-hybridized carbons (Fsp3) is 0.625. The molecule has 1 heterocycles. The molecule has 2 N–H and O–H groups in total. The summed E-state index contributed by atoms with van der Waals surface area (Å²) in [6.45, 7) is 3.60. The molecule has 1 aromatic carbocycles. The average molecular weight is 263 g/mol. The molecule has 2 rings (SSSR count). The Kier molecular flexibility index (Phi) is 5.67. The Balaban J connectivity index is 1.84. The Hall–Kier alpha value is -1.06. The van der Waals surface area contributed by atoms with Crippen LogP contribution in [0.2, 0.25) is 0 Å². The molecule has 0 aromatic heterocycles. The van der Waals surface area contributed by atoms with E-state index >= 15 is 0 Å². The first-order valence-corrected chi connectivity index (χ1v) is 7.39. The first-order valence-electron chi connectivity index (χ1n) is 7.39. The highest BCUT2D eigenvalue weighted by Gasteiger charge is 2.16. The van der Waals surface area contributed by atoms with Crippen molar-refractivity contribution in [3.63, 3.8) is 0 Å². The summed E-state index contributed by atoms with van der Waals surface area (Å²) in [7, 11) is 0. The van der Waals surface area contributed by atoms with Crippen molar-refractivity contribution in [3.05, 3.63) is 29.8 Å². The van der Waals surface area contributed by atoms with Crippen LogP contribution in [0.3, 0.4) is 0 Å². The quantitative estimate of drug-likeness (QED) is 0.855. The molecule has 0 saturated carbocycles. The summed E-state index contributed by atoms with van der Waals surface area (Å²) in [6.07, 6.45) is 6.12. The van der Waals surface area contributed by atoms with Crippen molar-refractivity contribution < 1.29 is 9.47 Å². The van der Waals surface area contributed by atoms with Gasteiger partial charge >= 0.3 is 0 Å². The number of nitrogens with two attached hydrogens (primary N) is 1. The minimum absolute atomic E-state index is 0.0749. The number of hydrogen-bond donors (Lipinski definition) is 1. The topological polar surface area (TPSA) is 44.5 Å². The molecule has 0 bridgehead atoms. The lowest BCUT2D eigenvalue weighted by atomic mass is 9.98. The number of ether oxygens (including phenoxy) is 2. The van der Waals surface area contributed by atoms with Crippen molar-refractivity contribution in [1.29, 1.82) is 0 Å². The van der Waals surface area contributed by atoms with Crippen molar-refractivity contribution in [2.24, 2.45) is 5.73 Å². The Morgan fingerprint density at radius 3 is 3.05 bits per heavy atom. The van der Waals surface area contributed by atoms with Crippen molar-refractivity contribution in [1.82, 2.24) is 0 Å². The van der Waals surface area contributed by atoms with Gasteiger partial charge in [-0.05, 0) is 56.7 Å². The summed E-state index contributed by atoms with van der Waals surface area (Å²) in [5, 5.41) is 0. The van der Waals surface area contributed by atoms with Gasteiger partial charge in [-0.25, -0.2) is 0 Å². The zero-order valence-corrected chi connectivity index (χ0v) is 11.8. The standard InChI is InChI=1S/C16H25NO2/c1-2-18-15-8-5-6-13(12-15)16(17)10-9-14-7-3-4-11-19-14/h5-6,8,12,14,16H,2-4,7,9-11,17H2,1H3. The fourth-order valence-electron chi connectivity index (χ4n) is 2.57. The molecule has 1 aliphatic rings. The van der Waals surface area contributed by atoms with Crippen LogP contribution in [0.5, 0.6) is 5.75 Å². The first-order chi connectivity index (χ1) is 9.29. The third-order valence-electron chi connectivity index (χ3n) is 3.67. The van der Waals surface area contributed by atoms with Gasteiger partial charge < -0.3 is 15.2 Å². The summed E-state index contributed by atoms with van der Waals surface area (Å²) in [4.78, 5) is 0. The molecular formula is C16H25NO2. The summed E-state index contributed by atoms with van der Waals surface area (Å²) in [5.74, 6) is 0.907. The van der Waals surface area contributed by atoms with E-state index in [0.717, 1.165) is 30.8 Å². The molecule has 1 fully saturated rings. The van der Waals surface area contributed by atoms with Gasteiger partial charge in [-0.3, -0.25) is 0 Å². The van der Waals surface area contributed by atoms with E-state index in [1.54, 1.807) is 0 Å². The molecule has 0 radical (unpaired) electrons. The van der Waals surface area contributed by atoms with Gasteiger partial charge in [0.15, 0.2) is 0 Å². The summed E-state index contributed by atoms with van der Waals surface area (Å²) in [6, 6.07) is 8.19. The smallest absolute Gasteiger partial charge is 0.119 e. The lowest BCUT2D eigenvalue weighted by Crippen LogP contribution is -2.21. The van der Waals surface area contributed by atoms with Crippen LogP contribution in [-0.2, 0) is 4.74 Å². The molecule has 2 atom stereocenters. The Bertz CT molecular complexity index is 375. The largest absolute Gasteiger partial charge is 0.494 e. The molecular weight excluding hydrogens is 238 g/mol. The van der Waals surface area contributed by atoms with Gasteiger partial charge in [-0.15, -0.1) is 0 Å². The monoisotopic (exact) mass is 263 g/mol. The Morgan fingerprint density at radius 1 is 1.42 bits per heavy atom. The molecule has 2 unspecified atom stereocenters. The van der Waals surface area contributed by atoms with E-state index in [1.165, 1.54) is 19.3 Å². The van der Waals surface area contributed by atoms with Crippen molar-refractivity contribution >= 4 is 0 Å². The van der Waals surface area contributed by atoms with Gasteiger partial charge in [0.1, 0.15) is 5.75 Å². The molecule has 1 saturated heterocycles. The van der Waals surface area contributed by atoms with Gasteiger partial charge in [0.05, 0.1) is 12.7 Å². The highest BCUT2D eigenvalue weighted by molar-refractivity contribution is 5.30. The normalized spacial score (nSPS) is 21.1. The van der Waals surface area contributed by atoms with E-state index < -0.39 is 0 Å². The van der Waals surface area contributed by atoms with E-state index in [0.29, 0.717) is 12.7 Å². The van der Waals surface area contributed by atoms with Crippen LogP contribution in [-0.4, -0.2) is 19.3 Å². The number of hydrogen-bond acceptors (Lipinski definition) is 3. The lowest BCUT2D eigenvalue weighted by Gasteiger charge is -2.24. The van der Waals surface area contributed by atoms with E-state index in [1.807, 2.05) is 19.1 Å². The summed E-state index contributed by atoms with van der Waals surface area (Å²) >= 11 is 0. The van der Waals surface area contributed by atoms with E-state index in [-0.39, 0.29) is 6.04 Å². The van der Waals surface area contributed by atoms with Crippen LogP contribution in [0.15, 0.2) is 24.3 Å². The summed E-state index contributed by atoms with van der Waals surface area (Å²) in [5.41, 5.74) is 7.42. The van der Waals surface area contributed by atoms with E-state index in [2.05, 4.69) is 12.1 Å². The highest BCUT2D eigenvalue weighted by Crippen LogP contribution is 2.24. The molecule has 19 heavy (non-hydrogen) atoms. The molecule has 106 valence electrons. The van der Waals surface area contributed by atoms with E-state index in [9.17, 15) is 0 Å². The highest BCUT2D eigenvalue weighted by atomic mass is 16.5. The lowest BCUT2D eigenvalue weighted by molar-refractivity contribution is 0.00912. The predicted molar refractivity (Wildman–Crippen MR) is 77.4 cm³/mol. The molecule has 0 aliphatic carbocycles. The molecule has 0 amide bonds. The first kappa shape index (κ1) is 14.4. The van der Waals surface area contributed by atoms with Crippen molar-refractivity contribution in [2.75, 3.05) is 13.2 Å². The third kappa shape index (κ3) is 4.51. The minimum Gasteiger partial charge on any atom is -0.494 e. The fourth-order valence-corrected chi connectivity index (χ4v) is 2.57. The van der Waals surface area contributed by atoms with Gasteiger partial charge in [0.2, 0.25) is 0 Å². The van der Waals surface area contributed by atoms with Crippen LogP contribution in [0.4, 0.5) is 0 Å². The maximum Gasteiger partial charge on any atom is 0.119 e. The average Bonchev–Trinajstić information content (AvgIpc) is 2.46. The molecule has 3 nitrogen and oxygen atoms in total. The maximum atomic E-state index is 6.27. The number of rotatable bonds is 6. The molecule has 1 aromatic rings. The zero-order chi connectivity index (χ0) is 13.5. The second-order valence-corrected chi connectivity index (χ2v) is 5.18. The summed E-state index contributed by atoms with van der Waals surface area (Å²) < 4.78 is 11.3. The van der Waals surface area contributed by atoms with Crippen LogP contribution in [0.25, 0.3) is 0 Å². The molecule has 0 spiro atoms.